The second-order valence-corrected chi connectivity index (χ2v) is 6.56. The topological polar surface area (TPSA) is 32.5 Å². The third-order valence-corrected chi connectivity index (χ3v) is 5.15. The third kappa shape index (κ3) is 3.95. The molecular weight excluding hydrogens is 338 g/mol. The highest BCUT2D eigenvalue weighted by atomic mass is 79.9. The molecule has 0 amide bonds. The molecule has 2 rings (SSSR count). The SMILES string of the molecule is CCCN1CCN(C(CN)c2ccc(Cl)c(Br)c2)CC1. The van der Waals surface area contributed by atoms with E-state index in [9.17, 15) is 0 Å². The van der Waals surface area contributed by atoms with Crippen LogP contribution >= 0.6 is 27.5 Å². The highest BCUT2D eigenvalue weighted by molar-refractivity contribution is 9.10. The first-order chi connectivity index (χ1) is 9.65. The zero-order chi connectivity index (χ0) is 14.5. The fourth-order valence-corrected chi connectivity index (χ4v) is 3.34. The molecule has 2 N–H and O–H groups in total. The minimum absolute atomic E-state index is 0.285. The van der Waals surface area contributed by atoms with E-state index in [2.05, 4.69) is 44.8 Å². The van der Waals surface area contributed by atoms with Gasteiger partial charge in [0, 0.05) is 43.2 Å². The first-order valence-electron chi connectivity index (χ1n) is 7.27. The van der Waals surface area contributed by atoms with Crippen molar-refractivity contribution in [2.24, 2.45) is 5.73 Å². The highest BCUT2D eigenvalue weighted by Gasteiger charge is 2.24. The highest BCUT2D eigenvalue weighted by Crippen LogP contribution is 2.28. The van der Waals surface area contributed by atoms with E-state index in [0.717, 1.165) is 35.7 Å². The predicted octanol–water partition coefficient (Wildman–Crippen LogP) is 3.13. The molecule has 1 atom stereocenters. The van der Waals surface area contributed by atoms with Crippen molar-refractivity contribution in [1.29, 1.82) is 0 Å². The zero-order valence-electron chi connectivity index (χ0n) is 12.0. The minimum Gasteiger partial charge on any atom is -0.329 e. The lowest BCUT2D eigenvalue weighted by molar-refractivity contribution is 0.0985. The molecule has 1 heterocycles. The fraction of sp³-hybridized carbons (Fsp3) is 0.600. The largest absolute Gasteiger partial charge is 0.329 e. The second kappa shape index (κ2) is 7.76. The van der Waals surface area contributed by atoms with Gasteiger partial charge in [0.05, 0.1) is 5.02 Å². The van der Waals surface area contributed by atoms with Crippen molar-refractivity contribution in [3.8, 4) is 0 Å². The van der Waals surface area contributed by atoms with Crippen LogP contribution in [0.2, 0.25) is 5.02 Å². The Bertz CT molecular complexity index is 433. The van der Waals surface area contributed by atoms with Gasteiger partial charge < -0.3 is 10.6 Å². The van der Waals surface area contributed by atoms with E-state index < -0.39 is 0 Å². The van der Waals surface area contributed by atoms with Gasteiger partial charge in [0.1, 0.15) is 0 Å². The van der Waals surface area contributed by atoms with Crippen LogP contribution in [0.15, 0.2) is 22.7 Å². The summed E-state index contributed by atoms with van der Waals surface area (Å²) in [7, 11) is 0. The average molecular weight is 361 g/mol. The summed E-state index contributed by atoms with van der Waals surface area (Å²) in [5.41, 5.74) is 7.26. The molecule has 5 heteroatoms. The summed E-state index contributed by atoms with van der Waals surface area (Å²) in [6, 6.07) is 6.41. The van der Waals surface area contributed by atoms with Crippen LogP contribution in [-0.4, -0.2) is 49.1 Å². The maximum Gasteiger partial charge on any atom is 0.0548 e. The molecule has 20 heavy (non-hydrogen) atoms. The Morgan fingerprint density at radius 3 is 2.55 bits per heavy atom. The minimum atomic E-state index is 0.285. The molecule has 3 nitrogen and oxygen atoms in total. The van der Waals surface area contributed by atoms with Crippen molar-refractivity contribution in [2.45, 2.75) is 19.4 Å². The van der Waals surface area contributed by atoms with Gasteiger partial charge in [0.15, 0.2) is 0 Å². The van der Waals surface area contributed by atoms with Gasteiger partial charge in [-0.15, -0.1) is 0 Å². The summed E-state index contributed by atoms with van der Waals surface area (Å²) in [4.78, 5) is 5.02. The summed E-state index contributed by atoms with van der Waals surface area (Å²) < 4.78 is 0.944. The molecule has 0 aromatic heterocycles. The number of nitrogens with zero attached hydrogens (tertiary/aromatic N) is 2. The molecule has 1 aromatic rings. The Kier molecular flexibility index (Phi) is 6.30. The summed E-state index contributed by atoms with van der Waals surface area (Å²) in [6.07, 6.45) is 1.23. The zero-order valence-corrected chi connectivity index (χ0v) is 14.3. The molecule has 1 saturated heterocycles. The van der Waals surface area contributed by atoms with E-state index in [0.29, 0.717) is 6.54 Å². The van der Waals surface area contributed by atoms with Gasteiger partial charge in [0.25, 0.3) is 0 Å². The van der Waals surface area contributed by atoms with Gasteiger partial charge in [-0.2, -0.15) is 0 Å². The maximum atomic E-state index is 6.07. The molecule has 112 valence electrons. The normalized spacial score (nSPS) is 19.2. The summed E-state index contributed by atoms with van der Waals surface area (Å²) >= 11 is 9.57. The second-order valence-electron chi connectivity index (χ2n) is 5.30. The summed E-state index contributed by atoms with van der Waals surface area (Å²) in [5.74, 6) is 0. The van der Waals surface area contributed by atoms with E-state index in [1.165, 1.54) is 18.5 Å². The van der Waals surface area contributed by atoms with Gasteiger partial charge in [-0.3, -0.25) is 4.90 Å². The molecule has 1 aliphatic rings. The van der Waals surface area contributed by atoms with Crippen molar-refractivity contribution in [2.75, 3.05) is 39.3 Å². The Morgan fingerprint density at radius 2 is 2.00 bits per heavy atom. The molecule has 1 fully saturated rings. The molecule has 0 radical (unpaired) electrons. The van der Waals surface area contributed by atoms with Crippen LogP contribution in [0, 0.1) is 0 Å². The van der Waals surface area contributed by atoms with Gasteiger partial charge in [-0.05, 0) is 46.6 Å². The standard InChI is InChI=1S/C15H23BrClN3/c1-2-5-19-6-8-20(9-7-19)15(11-18)12-3-4-14(17)13(16)10-12/h3-4,10,15H,2,5-9,11,18H2,1H3. The first kappa shape index (κ1) is 16.2. The smallest absolute Gasteiger partial charge is 0.0548 e. The van der Waals surface area contributed by atoms with E-state index >= 15 is 0 Å². The van der Waals surface area contributed by atoms with E-state index in [1.54, 1.807) is 0 Å². The lowest BCUT2D eigenvalue weighted by Crippen LogP contribution is -2.49. The van der Waals surface area contributed by atoms with Gasteiger partial charge in [-0.25, -0.2) is 0 Å². The lowest BCUT2D eigenvalue weighted by atomic mass is 10.0. The lowest BCUT2D eigenvalue weighted by Gasteiger charge is -2.39. The van der Waals surface area contributed by atoms with Crippen LogP contribution in [0.3, 0.4) is 0 Å². The quantitative estimate of drug-likeness (QED) is 0.875. The Labute approximate surface area is 135 Å². The Balaban J connectivity index is 2.03. The summed E-state index contributed by atoms with van der Waals surface area (Å²) in [5, 5.41) is 0.747. The van der Waals surface area contributed by atoms with Crippen LogP contribution in [0.4, 0.5) is 0 Å². The van der Waals surface area contributed by atoms with E-state index in [1.807, 2.05) is 6.07 Å². The van der Waals surface area contributed by atoms with Crippen molar-refractivity contribution in [1.82, 2.24) is 9.80 Å². The number of hydrogen-bond acceptors (Lipinski definition) is 3. The fourth-order valence-electron chi connectivity index (χ4n) is 2.83. The average Bonchev–Trinajstić information content (AvgIpc) is 2.46. The molecule has 0 spiro atoms. The number of hydrogen-bond donors (Lipinski definition) is 1. The molecule has 1 aromatic carbocycles. The van der Waals surface area contributed by atoms with Gasteiger partial charge in [0.2, 0.25) is 0 Å². The molecular formula is C15H23BrClN3. The van der Waals surface area contributed by atoms with Crippen LogP contribution < -0.4 is 5.73 Å². The van der Waals surface area contributed by atoms with E-state index in [-0.39, 0.29) is 6.04 Å². The third-order valence-electron chi connectivity index (χ3n) is 3.94. The molecule has 0 aliphatic carbocycles. The number of benzene rings is 1. The predicted molar refractivity (Wildman–Crippen MR) is 89.3 cm³/mol. The Hall–Kier alpha value is -0.130. The molecule has 1 unspecified atom stereocenters. The number of piperazine rings is 1. The molecule has 0 saturated carbocycles. The van der Waals surface area contributed by atoms with Crippen LogP contribution in [0.25, 0.3) is 0 Å². The maximum absolute atomic E-state index is 6.07. The van der Waals surface area contributed by atoms with Crippen molar-refractivity contribution in [3.63, 3.8) is 0 Å². The monoisotopic (exact) mass is 359 g/mol. The Morgan fingerprint density at radius 1 is 1.30 bits per heavy atom. The van der Waals surface area contributed by atoms with E-state index in [4.69, 9.17) is 17.3 Å². The van der Waals surface area contributed by atoms with Crippen molar-refractivity contribution < 1.29 is 0 Å². The summed E-state index contributed by atoms with van der Waals surface area (Å²) in [6.45, 7) is 8.53. The van der Waals surface area contributed by atoms with Crippen molar-refractivity contribution >= 4 is 27.5 Å². The first-order valence-corrected chi connectivity index (χ1v) is 8.44. The van der Waals surface area contributed by atoms with Crippen LogP contribution in [-0.2, 0) is 0 Å². The molecule has 1 aliphatic heterocycles. The van der Waals surface area contributed by atoms with Crippen LogP contribution in [0.5, 0.6) is 0 Å². The van der Waals surface area contributed by atoms with Gasteiger partial charge in [-0.1, -0.05) is 24.6 Å². The number of rotatable bonds is 5. The van der Waals surface area contributed by atoms with Crippen molar-refractivity contribution in [3.05, 3.63) is 33.3 Å². The molecule has 0 bridgehead atoms. The van der Waals surface area contributed by atoms with Gasteiger partial charge >= 0.3 is 0 Å². The number of halogens is 2. The number of nitrogens with two attached hydrogens (primary N) is 1. The van der Waals surface area contributed by atoms with Crippen LogP contribution in [0.1, 0.15) is 24.9 Å².